The number of aryl methyl sites for hydroxylation is 1. The van der Waals surface area contributed by atoms with Crippen LogP contribution in [0.3, 0.4) is 0 Å². The Kier molecular flexibility index (Phi) is 7.35. The molecule has 0 unspecified atom stereocenters. The predicted molar refractivity (Wildman–Crippen MR) is 120 cm³/mol. The van der Waals surface area contributed by atoms with E-state index in [2.05, 4.69) is 4.98 Å². The maximum atomic E-state index is 12.1. The zero-order valence-corrected chi connectivity index (χ0v) is 18.5. The van der Waals surface area contributed by atoms with Crippen molar-refractivity contribution in [2.45, 2.75) is 39.2 Å². The maximum Gasteiger partial charge on any atom is 0.347 e. The third kappa shape index (κ3) is 6.00. The summed E-state index contributed by atoms with van der Waals surface area (Å²) < 4.78 is 16.5. The first-order valence-electron chi connectivity index (χ1n) is 10.6. The van der Waals surface area contributed by atoms with Crippen molar-refractivity contribution in [1.29, 1.82) is 0 Å². The Morgan fingerprint density at radius 1 is 1.12 bits per heavy atom. The van der Waals surface area contributed by atoms with Crippen LogP contribution in [0.2, 0.25) is 0 Å². The lowest BCUT2D eigenvalue weighted by Crippen LogP contribution is -2.37. The van der Waals surface area contributed by atoms with Crippen LogP contribution in [0.4, 0.5) is 6.01 Å². The highest BCUT2D eigenvalue weighted by molar-refractivity contribution is 5.78. The first kappa shape index (κ1) is 23.1. The second kappa shape index (κ2) is 10.2. The van der Waals surface area contributed by atoms with Crippen LogP contribution in [0.5, 0.6) is 5.75 Å². The van der Waals surface area contributed by atoms with Gasteiger partial charge in [0.1, 0.15) is 17.8 Å². The molecule has 0 atom stereocenters. The summed E-state index contributed by atoms with van der Waals surface area (Å²) in [6.07, 6.45) is 1.50. The molecule has 1 N–H and O–H groups in total. The van der Waals surface area contributed by atoms with Gasteiger partial charge >= 0.3 is 11.9 Å². The van der Waals surface area contributed by atoms with Crippen LogP contribution in [0.15, 0.2) is 52.9 Å². The summed E-state index contributed by atoms with van der Waals surface area (Å²) in [5.74, 6) is -0.865. The molecule has 3 rings (SSSR count). The molecule has 1 aromatic heterocycles. The number of carbonyl (C=O) groups excluding carboxylic acids is 1. The molecule has 0 aliphatic rings. The zero-order chi connectivity index (χ0) is 23.1. The Hall–Kier alpha value is -3.55. The number of fused-ring (bicyclic) bond motifs is 1. The van der Waals surface area contributed by atoms with E-state index in [9.17, 15) is 14.7 Å². The van der Waals surface area contributed by atoms with Gasteiger partial charge in [-0.2, -0.15) is 4.98 Å². The fraction of sp³-hybridized carbons (Fsp3) is 0.375. The second-order valence-electron chi connectivity index (χ2n) is 7.86. The number of esters is 1. The van der Waals surface area contributed by atoms with E-state index in [1.807, 2.05) is 36.4 Å². The summed E-state index contributed by atoms with van der Waals surface area (Å²) in [5.41, 5.74) is 1.17. The van der Waals surface area contributed by atoms with Crippen molar-refractivity contribution in [2.24, 2.45) is 0 Å². The average Bonchev–Trinajstić information content (AvgIpc) is 3.18. The SMILES string of the molecule is CCOC(=O)CN(CCCc1ccc(OC(C)(C)C(=O)O)cc1)c1nc2ccccc2o1. The molecule has 0 bridgehead atoms. The van der Waals surface area contributed by atoms with Gasteiger partial charge in [-0.05, 0) is 63.4 Å². The minimum absolute atomic E-state index is 0.0533. The lowest BCUT2D eigenvalue weighted by Gasteiger charge is -2.21. The molecule has 0 saturated carbocycles. The number of hydrogen-bond acceptors (Lipinski definition) is 7. The number of anilines is 1. The number of carboxylic acid groups (broad SMARTS) is 1. The van der Waals surface area contributed by atoms with Crippen LogP contribution < -0.4 is 9.64 Å². The molecule has 0 aliphatic carbocycles. The van der Waals surface area contributed by atoms with Gasteiger partial charge in [0.05, 0.1) is 6.61 Å². The van der Waals surface area contributed by atoms with Crippen molar-refractivity contribution in [1.82, 2.24) is 4.98 Å². The van der Waals surface area contributed by atoms with Gasteiger partial charge in [0.15, 0.2) is 11.2 Å². The molecule has 8 heteroatoms. The summed E-state index contributed by atoms with van der Waals surface area (Å²) >= 11 is 0. The number of hydrogen-bond donors (Lipinski definition) is 1. The first-order chi connectivity index (χ1) is 15.3. The van der Waals surface area contributed by atoms with E-state index in [1.165, 1.54) is 13.8 Å². The molecule has 32 heavy (non-hydrogen) atoms. The van der Waals surface area contributed by atoms with E-state index < -0.39 is 11.6 Å². The predicted octanol–water partition coefficient (Wildman–Crippen LogP) is 4.07. The molecule has 0 fully saturated rings. The molecule has 1 heterocycles. The van der Waals surface area contributed by atoms with E-state index in [0.717, 1.165) is 23.9 Å². The third-order valence-electron chi connectivity index (χ3n) is 4.88. The van der Waals surface area contributed by atoms with Gasteiger partial charge in [-0.3, -0.25) is 4.79 Å². The summed E-state index contributed by atoms with van der Waals surface area (Å²) in [4.78, 5) is 29.6. The monoisotopic (exact) mass is 440 g/mol. The molecule has 0 amide bonds. The van der Waals surface area contributed by atoms with Gasteiger partial charge in [0, 0.05) is 6.54 Å². The van der Waals surface area contributed by atoms with E-state index in [4.69, 9.17) is 13.9 Å². The fourth-order valence-corrected chi connectivity index (χ4v) is 3.14. The highest BCUT2D eigenvalue weighted by Crippen LogP contribution is 2.23. The van der Waals surface area contributed by atoms with E-state index in [1.54, 1.807) is 24.0 Å². The van der Waals surface area contributed by atoms with Crippen LogP contribution in [0, 0.1) is 0 Å². The molecular formula is C24H28N2O6. The van der Waals surface area contributed by atoms with Crippen molar-refractivity contribution in [3.8, 4) is 5.75 Å². The molecule has 170 valence electrons. The summed E-state index contributed by atoms with van der Waals surface area (Å²) in [5, 5.41) is 9.19. The van der Waals surface area contributed by atoms with Crippen LogP contribution in [0.1, 0.15) is 32.8 Å². The smallest absolute Gasteiger partial charge is 0.347 e. The van der Waals surface area contributed by atoms with Gasteiger partial charge in [-0.15, -0.1) is 0 Å². The Morgan fingerprint density at radius 3 is 2.50 bits per heavy atom. The summed E-state index contributed by atoms with van der Waals surface area (Å²) in [7, 11) is 0. The largest absolute Gasteiger partial charge is 0.478 e. The zero-order valence-electron chi connectivity index (χ0n) is 18.5. The van der Waals surface area contributed by atoms with Crippen molar-refractivity contribution in [2.75, 3.05) is 24.6 Å². The van der Waals surface area contributed by atoms with Gasteiger partial charge in [-0.25, -0.2) is 4.79 Å². The molecule has 8 nitrogen and oxygen atoms in total. The Labute approximate surface area is 186 Å². The molecule has 0 saturated heterocycles. The molecule has 0 radical (unpaired) electrons. The number of benzene rings is 2. The number of rotatable bonds is 11. The van der Waals surface area contributed by atoms with Crippen molar-refractivity contribution >= 4 is 29.1 Å². The van der Waals surface area contributed by atoms with Gasteiger partial charge in [0.2, 0.25) is 0 Å². The van der Waals surface area contributed by atoms with Crippen LogP contribution in [-0.4, -0.2) is 47.3 Å². The average molecular weight is 440 g/mol. The Balaban J connectivity index is 1.63. The maximum absolute atomic E-state index is 12.1. The molecular weight excluding hydrogens is 412 g/mol. The van der Waals surface area contributed by atoms with E-state index >= 15 is 0 Å². The quantitative estimate of drug-likeness (QED) is 0.445. The first-order valence-corrected chi connectivity index (χ1v) is 10.6. The van der Waals surface area contributed by atoms with Crippen molar-refractivity contribution in [3.63, 3.8) is 0 Å². The number of para-hydroxylation sites is 2. The second-order valence-corrected chi connectivity index (χ2v) is 7.86. The summed E-state index contributed by atoms with van der Waals surface area (Å²) in [6, 6.07) is 15.2. The molecule has 2 aromatic carbocycles. The number of carboxylic acids is 1. The lowest BCUT2D eigenvalue weighted by atomic mass is 10.1. The highest BCUT2D eigenvalue weighted by Gasteiger charge is 2.29. The topological polar surface area (TPSA) is 102 Å². The van der Waals surface area contributed by atoms with Crippen LogP contribution in [0.25, 0.3) is 11.1 Å². The standard InChI is InChI=1S/C24H28N2O6/c1-4-30-21(27)16-26(23-25-19-9-5-6-10-20(19)31-23)15-7-8-17-11-13-18(14-12-17)32-24(2,3)22(28)29/h5-6,9-14H,4,7-8,15-16H2,1-3H3,(H,28,29). The normalized spacial score (nSPS) is 11.3. The number of nitrogens with zero attached hydrogens (tertiary/aromatic N) is 2. The van der Waals surface area contributed by atoms with Crippen molar-refractivity contribution in [3.05, 3.63) is 54.1 Å². The van der Waals surface area contributed by atoms with Crippen LogP contribution >= 0.6 is 0 Å². The Bertz CT molecular complexity index is 1020. The lowest BCUT2D eigenvalue weighted by molar-refractivity contribution is -0.152. The third-order valence-corrected chi connectivity index (χ3v) is 4.88. The van der Waals surface area contributed by atoms with Gasteiger partial charge in [0.25, 0.3) is 6.01 Å². The Morgan fingerprint density at radius 2 is 1.84 bits per heavy atom. The van der Waals surface area contributed by atoms with Gasteiger partial charge < -0.3 is 23.9 Å². The highest BCUT2D eigenvalue weighted by atomic mass is 16.5. The number of carbonyl (C=O) groups is 2. The number of oxazole rings is 1. The van der Waals surface area contributed by atoms with E-state index in [0.29, 0.717) is 30.5 Å². The number of aromatic nitrogens is 1. The van der Waals surface area contributed by atoms with Gasteiger partial charge in [-0.1, -0.05) is 24.3 Å². The molecule has 0 aliphatic heterocycles. The van der Waals surface area contributed by atoms with Crippen LogP contribution in [-0.2, 0) is 20.7 Å². The van der Waals surface area contributed by atoms with Crippen molar-refractivity contribution < 1.29 is 28.6 Å². The fourth-order valence-electron chi connectivity index (χ4n) is 3.14. The number of ether oxygens (including phenoxy) is 2. The molecule has 3 aromatic rings. The summed E-state index contributed by atoms with van der Waals surface area (Å²) in [6.45, 7) is 5.70. The minimum Gasteiger partial charge on any atom is -0.478 e. The van der Waals surface area contributed by atoms with E-state index in [-0.39, 0.29) is 12.5 Å². The minimum atomic E-state index is -1.30. The number of aliphatic carboxylic acids is 1. The molecule has 0 spiro atoms.